The molecule has 2 rings (SSSR count). The molecule has 0 bridgehead atoms. The number of carbonyl (C=O) groups excluding carboxylic acids is 2. The fourth-order valence-electron chi connectivity index (χ4n) is 1.97. The van der Waals surface area contributed by atoms with E-state index in [9.17, 15) is 9.59 Å². The lowest BCUT2D eigenvalue weighted by molar-refractivity contribution is -0.114. The van der Waals surface area contributed by atoms with Crippen molar-refractivity contribution in [3.05, 3.63) is 47.3 Å². The summed E-state index contributed by atoms with van der Waals surface area (Å²) in [6, 6.07) is 6.83. The molecular formula is C15H16N2O3. The van der Waals surface area contributed by atoms with Crippen LogP contribution in [0.25, 0.3) is 0 Å². The summed E-state index contributed by atoms with van der Waals surface area (Å²) >= 11 is 0. The van der Waals surface area contributed by atoms with E-state index in [0.717, 1.165) is 5.56 Å². The van der Waals surface area contributed by atoms with Gasteiger partial charge in [0.1, 0.15) is 5.75 Å². The van der Waals surface area contributed by atoms with Crippen LogP contribution in [-0.2, 0) is 4.79 Å². The van der Waals surface area contributed by atoms with Crippen LogP contribution < -0.4 is 10.1 Å². The topological polar surface area (TPSA) is 71.2 Å². The maximum atomic E-state index is 12.5. The molecule has 0 saturated carbocycles. The van der Waals surface area contributed by atoms with E-state index in [0.29, 0.717) is 22.7 Å². The smallest absolute Gasteiger partial charge is 0.221 e. The summed E-state index contributed by atoms with van der Waals surface area (Å²) in [6.45, 7) is 3.28. The number of rotatable bonds is 4. The van der Waals surface area contributed by atoms with Gasteiger partial charge in [0.15, 0.2) is 0 Å². The van der Waals surface area contributed by atoms with Crippen molar-refractivity contribution in [2.24, 2.45) is 0 Å². The van der Waals surface area contributed by atoms with Crippen LogP contribution in [0.2, 0.25) is 0 Å². The fraction of sp³-hybridized carbons (Fsp3) is 0.200. The van der Waals surface area contributed by atoms with Crippen LogP contribution in [0.1, 0.15) is 28.5 Å². The van der Waals surface area contributed by atoms with Gasteiger partial charge >= 0.3 is 0 Å². The molecule has 5 nitrogen and oxygen atoms in total. The first-order valence-corrected chi connectivity index (χ1v) is 6.17. The van der Waals surface area contributed by atoms with Crippen LogP contribution in [0.4, 0.5) is 5.69 Å². The quantitative estimate of drug-likeness (QED) is 0.840. The summed E-state index contributed by atoms with van der Waals surface area (Å²) in [5.41, 5.74) is 2.22. The van der Waals surface area contributed by atoms with Gasteiger partial charge in [0, 0.05) is 13.1 Å². The molecule has 0 saturated heterocycles. The van der Waals surface area contributed by atoms with Crippen LogP contribution in [0.5, 0.6) is 5.75 Å². The Balaban J connectivity index is 2.50. The largest absolute Gasteiger partial charge is 0.495 e. The highest BCUT2D eigenvalue weighted by Gasteiger charge is 2.18. The van der Waals surface area contributed by atoms with E-state index in [4.69, 9.17) is 4.74 Å². The lowest BCUT2D eigenvalue weighted by Gasteiger charge is -2.12. The summed E-state index contributed by atoms with van der Waals surface area (Å²) < 4.78 is 5.20. The predicted octanol–water partition coefficient (Wildman–Crippen LogP) is 2.52. The molecule has 1 heterocycles. The van der Waals surface area contributed by atoms with Crippen molar-refractivity contribution in [1.29, 1.82) is 0 Å². The van der Waals surface area contributed by atoms with E-state index < -0.39 is 0 Å². The molecule has 0 radical (unpaired) electrons. The molecule has 1 amide bonds. The number of hydrogen-bond acceptors (Lipinski definition) is 3. The Morgan fingerprint density at radius 1 is 1.30 bits per heavy atom. The Hall–Kier alpha value is -2.56. The SMILES string of the molecule is COc1cccc(C(=O)c2cc(C)c[nH]2)c1NC(C)=O. The predicted molar refractivity (Wildman–Crippen MR) is 76.3 cm³/mol. The number of anilines is 1. The Morgan fingerprint density at radius 3 is 2.60 bits per heavy atom. The van der Waals surface area contributed by atoms with Crippen molar-refractivity contribution in [1.82, 2.24) is 4.98 Å². The number of ether oxygens (including phenoxy) is 1. The highest BCUT2D eigenvalue weighted by atomic mass is 16.5. The minimum absolute atomic E-state index is 0.194. The number of aromatic nitrogens is 1. The van der Waals surface area contributed by atoms with Crippen LogP contribution in [0, 0.1) is 6.92 Å². The highest BCUT2D eigenvalue weighted by Crippen LogP contribution is 2.30. The van der Waals surface area contributed by atoms with Crippen molar-refractivity contribution in [3.63, 3.8) is 0 Å². The lowest BCUT2D eigenvalue weighted by Crippen LogP contribution is -2.13. The Bertz CT molecular complexity index is 659. The van der Waals surface area contributed by atoms with E-state index in [-0.39, 0.29) is 11.7 Å². The molecule has 0 aliphatic rings. The number of amides is 1. The monoisotopic (exact) mass is 272 g/mol. The molecule has 104 valence electrons. The standard InChI is InChI=1S/C15H16N2O3/c1-9-7-12(16-8-9)15(19)11-5-4-6-13(20-3)14(11)17-10(2)18/h4-8,16H,1-3H3,(H,17,18). The highest BCUT2D eigenvalue weighted by molar-refractivity contribution is 6.13. The number of nitrogens with one attached hydrogen (secondary N) is 2. The van der Waals surface area contributed by atoms with E-state index in [2.05, 4.69) is 10.3 Å². The van der Waals surface area contributed by atoms with Gasteiger partial charge in [-0.05, 0) is 30.7 Å². The van der Waals surface area contributed by atoms with Gasteiger partial charge in [-0.2, -0.15) is 0 Å². The number of methoxy groups -OCH3 is 1. The van der Waals surface area contributed by atoms with Gasteiger partial charge in [0.05, 0.1) is 24.1 Å². The van der Waals surface area contributed by atoms with Crippen LogP contribution >= 0.6 is 0 Å². The van der Waals surface area contributed by atoms with Crippen molar-refractivity contribution < 1.29 is 14.3 Å². The number of para-hydroxylation sites is 1. The number of carbonyl (C=O) groups is 2. The molecule has 0 unspecified atom stereocenters. The molecule has 5 heteroatoms. The van der Waals surface area contributed by atoms with Gasteiger partial charge in [-0.15, -0.1) is 0 Å². The Kier molecular flexibility index (Phi) is 3.89. The second kappa shape index (κ2) is 5.61. The van der Waals surface area contributed by atoms with Gasteiger partial charge in [0.25, 0.3) is 0 Å². The lowest BCUT2D eigenvalue weighted by atomic mass is 10.0. The molecule has 0 atom stereocenters. The molecule has 1 aromatic heterocycles. The van der Waals surface area contributed by atoms with E-state index >= 15 is 0 Å². The zero-order chi connectivity index (χ0) is 14.7. The van der Waals surface area contributed by atoms with Crippen molar-refractivity contribution in [2.45, 2.75) is 13.8 Å². The third kappa shape index (κ3) is 2.71. The van der Waals surface area contributed by atoms with Gasteiger partial charge in [-0.3, -0.25) is 9.59 Å². The van der Waals surface area contributed by atoms with Crippen LogP contribution in [0.15, 0.2) is 30.5 Å². The third-order valence-corrected chi connectivity index (χ3v) is 2.86. The van der Waals surface area contributed by atoms with Crippen molar-refractivity contribution in [3.8, 4) is 5.75 Å². The van der Waals surface area contributed by atoms with Crippen molar-refractivity contribution in [2.75, 3.05) is 12.4 Å². The fourth-order valence-corrected chi connectivity index (χ4v) is 1.97. The maximum absolute atomic E-state index is 12.5. The molecule has 2 N–H and O–H groups in total. The number of aromatic amines is 1. The summed E-state index contributed by atoms with van der Waals surface area (Å²) in [6.07, 6.45) is 1.76. The molecule has 0 spiro atoms. The summed E-state index contributed by atoms with van der Waals surface area (Å²) in [5, 5.41) is 2.65. The zero-order valence-corrected chi connectivity index (χ0v) is 11.6. The summed E-state index contributed by atoms with van der Waals surface area (Å²) in [4.78, 5) is 26.7. The molecule has 20 heavy (non-hydrogen) atoms. The molecule has 0 aliphatic heterocycles. The molecule has 1 aromatic carbocycles. The molecule has 0 aliphatic carbocycles. The van der Waals surface area contributed by atoms with Gasteiger partial charge in [-0.1, -0.05) is 6.07 Å². The second-order valence-electron chi connectivity index (χ2n) is 4.48. The number of hydrogen-bond donors (Lipinski definition) is 2. The first kappa shape index (κ1) is 13.9. The minimum Gasteiger partial charge on any atom is -0.495 e. The van der Waals surface area contributed by atoms with E-state index in [1.54, 1.807) is 30.5 Å². The summed E-state index contributed by atoms with van der Waals surface area (Å²) in [5.74, 6) is 0.00120. The minimum atomic E-state index is -0.258. The van der Waals surface area contributed by atoms with Crippen LogP contribution in [0.3, 0.4) is 0 Å². The summed E-state index contributed by atoms with van der Waals surface area (Å²) in [7, 11) is 1.49. The van der Waals surface area contributed by atoms with E-state index in [1.165, 1.54) is 14.0 Å². The van der Waals surface area contributed by atoms with Gasteiger partial charge < -0.3 is 15.0 Å². The number of benzene rings is 1. The Labute approximate surface area is 117 Å². The van der Waals surface area contributed by atoms with Gasteiger partial charge in [0.2, 0.25) is 11.7 Å². The van der Waals surface area contributed by atoms with Gasteiger partial charge in [-0.25, -0.2) is 0 Å². The van der Waals surface area contributed by atoms with E-state index in [1.807, 2.05) is 6.92 Å². The molecule has 0 fully saturated rings. The second-order valence-corrected chi connectivity index (χ2v) is 4.48. The third-order valence-electron chi connectivity index (χ3n) is 2.86. The number of ketones is 1. The zero-order valence-electron chi connectivity index (χ0n) is 11.6. The first-order valence-electron chi connectivity index (χ1n) is 6.17. The molecular weight excluding hydrogens is 256 g/mol. The number of H-pyrrole nitrogens is 1. The van der Waals surface area contributed by atoms with Crippen LogP contribution in [-0.4, -0.2) is 23.8 Å². The molecule has 2 aromatic rings. The average molecular weight is 272 g/mol. The maximum Gasteiger partial charge on any atom is 0.221 e. The normalized spacial score (nSPS) is 10.2. The Morgan fingerprint density at radius 2 is 2.05 bits per heavy atom. The number of aryl methyl sites for hydroxylation is 1. The van der Waals surface area contributed by atoms with Crippen molar-refractivity contribution >= 4 is 17.4 Å². The average Bonchev–Trinajstić information content (AvgIpc) is 2.84. The first-order chi connectivity index (χ1) is 9.52.